The molecule has 3 rings (SSSR count). The van der Waals surface area contributed by atoms with Crippen LogP contribution in [0.3, 0.4) is 0 Å². The first-order valence-corrected chi connectivity index (χ1v) is 5.69. The molecule has 0 N–H and O–H groups in total. The van der Waals surface area contributed by atoms with Crippen molar-refractivity contribution in [2.45, 2.75) is 46.6 Å². The first-order valence-electron chi connectivity index (χ1n) is 5.69. The van der Waals surface area contributed by atoms with Crippen molar-refractivity contribution in [3.63, 3.8) is 0 Å². The van der Waals surface area contributed by atoms with Crippen LogP contribution >= 0.6 is 0 Å². The monoisotopic (exact) mass is 182 g/mol. The Morgan fingerprint density at radius 3 is 2.62 bits per heavy atom. The molecule has 13 heavy (non-hydrogen) atoms. The summed E-state index contributed by atoms with van der Waals surface area (Å²) in [5, 5.41) is 0. The standard InChI is InChI=1S/C12H22O/c1-5-9-7-13-11-6-10(8(9)2)12(11,3)4/h8-11H,5-7H2,1-4H3. The maximum atomic E-state index is 5.96. The molecule has 76 valence electrons. The normalized spacial score (nSPS) is 48.0. The number of rotatable bonds is 1. The third-order valence-electron chi connectivity index (χ3n) is 4.67. The van der Waals surface area contributed by atoms with Gasteiger partial charge in [-0.3, -0.25) is 0 Å². The van der Waals surface area contributed by atoms with Crippen molar-refractivity contribution in [2.75, 3.05) is 6.61 Å². The fraction of sp³-hybridized carbons (Fsp3) is 1.00. The highest BCUT2D eigenvalue weighted by Crippen LogP contribution is 2.55. The van der Waals surface area contributed by atoms with E-state index in [2.05, 4.69) is 27.7 Å². The maximum absolute atomic E-state index is 5.96. The zero-order chi connectivity index (χ0) is 9.64. The molecule has 0 aromatic rings. The highest BCUT2D eigenvalue weighted by molar-refractivity contribution is 5.02. The van der Waals surface area contributed by atoms with E-state index >= 15 is 0 Å². The molecular weight excluding hydrogens is 160 g/mol. The van der Waals surface area contributed by atoms with E-state index in [9.17, 15) is 0 Å². The molecular formula is C12H22O. The van der Waals surface area contributed by atoms with Gasteiger partial charge in [-0.1, -0.05) is 34.1 Å². The zero-order valence-corrected chi connectivity index (χ0v) is 9.34. The molecule has 0 amide bonds. The van der Waals surface area contributed by atoms with Crippen LogP contribution in [0.2, 0.25) is 0 Å². The first-order chi connectivity index (χ1) is 6.07. The Bertz CT molecular complexity index is 197. The molecule has 2 heterocycles. The quantitative estimate of drug-likeness (QED) is 0.605. The maximum Gasteiger partial charge on any atom is 0.0631 e. The number of fused-ring (bicyclic) bond motifs is 3. The summed E-state index contributed by atoms with van der Waals surface area (Å²) in [7, 11) is 0. The number of hydrogen-bond donors (Lipinski definition) is 0. The number of hydrogen-bond acceptors (Lipinski definition) is 1. The van der Waals surface area contributed by atoms with Gasteiger partial charge < -0.3 is 4.74 Å². The highest BCUT2D eigenvalue weighted by atomic mass is 16.5. The lowest BCUT2D eigenvalue weighted by molar-refractivity contribution is -0.123. The van der Waals surface area contributed by atoms with Gasteiger partial charge in [0.05, 0.1) is 12.7 Å². The van der Waals surface area contributed by atoms with Gasteiger partial charge in [0.1, 0.15) is 0 Å². The van der Waals surface area contributed by atoms with Gasteiger partial charge in [0.25, 0.3) is 0 Å². The Balaban J connectivity index is 2.15. The second-order valence-electron chi connectivity index (χ2n) is 5.51. The molecule has 0 spiro atoms. The molecule has 3 aliphatic rings. The molecule has 0 radical (unpaired) electrons. The van der Waals surface area contributed by atoms with Crippen LogP contribution in [0.4, 0.5) is 0 Å². The van der Waals surface area contributed by atoms with Crippen LogP contribution in [0, 0.1) is 23.2 Å². The summed E-state index contributed by atoms with van der Waals surface area (Å²) >= 11 is 0. The van der Waals surface area contributed by atoms with Gasteiger partial charge in [0, 0.05) is 0 Å². The summed E-state index contributed by atoms with van der Waals surface area (Å²) in [4.78, 5) is 0. The third kappa shape index (κ3) is 1.24. The largest absolute Gasteiger partial charge is 0.377 e. The molecule has 1 aliphatic carbocycles. The van der Waals surface area contributed by atoms with Crippen molar-refractivity contribution >= 4 is 0 Å². The fourth-order valence-corrected chi connectivity index (χ4v) is 3.30. The van der Waals surface area contributed by atoms with Crippen molar-refractivity contribution in [1.29, 1.82) is 0 Å². The second kappa shape index (κ2) is 2.98. The Kier molecular flexibility index (Phi) is 2.18. The van der Waals surface area contributed by atoms with Gasteiger partial charge in [-0.25, -0.2) is 0 Å². The summed E-state index contributed by atoms with van der Waals surface area (Å²) in [6.07, 6.45) is 3.14. The zero-order valence-electron chi connectivity index (χ0n) is 9.34. The SMILES string of the molecule is CCC1COC2CC(C1C)C2(C)C. The molecule has 1 saturated carbocycles. The Morgan fingerprint density at radius 2 is 2.08 bits per heavy atom. The van der Waals surface area contributed by atoms with E-state index < -0.39 is 0 Å². The van der Waals surface area contributed by atoms with Gasteiger partial charge in [-0.15, -0.1) is 0 Å². The minimum Gasteiger partial charge on any atom is -0.377 e. The van der Waals surface area contributed by atoms with Crippen molar-refractivity contribution in [3.05, 3.63) is 0 Å². The average molecular weight is 182 g/mol. The molecule has 4 atom stereocenters. The predicted octanol–water partition coefficient (Wildman–Crippen LogP) is 3.09. The lowest BCUT2D eigenvalue weighted by Crippen LogP contribution is -2.51. The number of ether oxygens (including phenoxy) is 1. The first kappa shape index (κ1) is 9.51. The van der Waals surface area contributed by atoms with E-state index in [1.807, 2.05) is 0 Å². The van der Waals surface area contributed by atoms with Gasteiger partial charge >= 0.3 is 0 Å². The van der Waals surface area contributed by atoms with Crippen LogP contribution < -0.4 is 0 Å². The van der Waals surface area contributed by atoms with Crippen LogP contribution in [0.1, 0.15) is 40.5 Å². The Labute approximate surface area is 81.9 Å². The summed E-state index contributed by atoms with van der Waals surface area (Å²) in [6.45, 7) is 10.5. The molecule has 1 nitrogen and oxygen atoms in total. The van der Waals surface area contributed by atoms with Gasteiger partial charge in [0.15, 0.2) is 0 Å². The van der Waals surface area contributed by atoms with Crippen LogP contribution in [0.5, 0.6) is 0 Å². The topological polar surface area (TPSA) is 9.23 Å². The van der Waals surface area contributed by atoms with Gasteiger partial charge in [-0.05, 0) is 29.6 Å². The van der Waals surface area contributed by atoms with Crippen LogP contribution in [0.25, 0.3) is 0 Å². The lowest BCUT2D eigenvalue weighted by atomic mass is 9.55. The minimum absolute atomic E-state index is 0.448. The molecule has 2 bridgehead atoms. The molecule has 0 aromatic heterocycles. The predicted molar refractivity (Wildman–Crippen MR) is 54.6 cm³/mol. The molecule has 4 unspecified atom stereocenters. The van der Waals surface area contributed by atoms with E-state index in [0.29, 0.717) is 11.5 Å². The minimum atomic E-state index is 0.448. The van der Waals surface area contributed by atoms with Crippen LogP contribution in [-0.4, -0.2) is 12.7 Å². The van der Waals surface area contributed by atoms with Gasteiger partial charge in [0.2, 0.25) is 0 Å². The van der Waals surface area contributed by atoms with Crippen molar-refractivity contribution < 1.29 is 4.74 Å². The average Bonchev–Trinajstić information content (AvgIpc) is 2.30. The summed E-state index contributed by atoms with van der Waals surface area (Å²) < 4.78 is 5.96. The summed E-state index contributed by atoms with van der Waals surface area (Å²) in [5.74, 6) is 2.57. The second-order valence-corrected chi connectivity index (χ2v) is 5.51. The molecule has 1 heteroatoms. The van der Waals surface area contributed by atoms with Gasteiger partial charge in [-0.2, -0.15) is 0 Å². The van der Waals surface area contributed by atoms with E-state index in [1.165, 1.54) is 12.8 Å². The summed E-state index contributed by atoms with van der Waals surface area (Å²) in [6, 6.07) is 0. The van der Waals surface area contributed by atoms with Crippen molar-refractivity contribution in [3.8, 4) is 0 Å². The molecule has 0 aromatic carbocycles. The van der Waals surface area contributed by atoms with Crippen molar-refractivity contribution in [1.82, 2.24) is 0 Å². The van der Waals surface area contributed by atoms with Crippen LogP contribution in [-0.2, 0) is 4.74 Å². The Hall–Kier alpha value is -0.0400. The lowest BCUT2D eigenvalue weighted by Gasteiger charge is -2.52. The van der Waals surface area contributed by atoms with E-state index in [1.54, 1.807) is 0 Å². The van der Waals surface area contributed by atoms with Crippen LogP contribution in [0.15, 0.2) is 0 Å². The smallest absolute Gasteiger partial charge is 0.0631 e. The van der Waals surface area contributed by atoms with E-state index in [-0.39, 0.29) is 0 Å². The highest BCUT2D eigenvalue weighted by Gasteiger charge is 2.54. The molecule has 2 aliphatic heterocycles. The fourth-order valence-electron chi connectivity index (χ4n) is 3.30. The molecule has 2 saturated heterocycles. The van der Waals surface area contributed by atoms with E-state index in [0.717, 1.165) is 24.4 Å². The third-order valence-corrected chi connectivity index (χ3v) is 4.67. The van der Waals surface area contributed by atoms with E-state index in [4.69, 9.17) is 4.74 Å². The Morgan fingerprint density at radius 1 is 1.38 bits per heavy atom. The summed E-state index contributed by atoms with van der Waals surface area (Å²) in [5.41, 5.74) is 0.448. The molecule has 3 fully saturated rings. The van der Waals surface area contributed by atoms with Crippen molar-refractivity contribution in [2.24, 2.45) is 23.2 Å².